The van der Waals surface area contributed by atoms with Crippen molar-refractivity contribution in [3.05, 3.63) is 59.6 Å². The van der Waals surface area contributed by atoms with Crippen LogP contribution in [0.5, 0.6) is 0 Å². The molecule has 0 unspecified atom stereocenters. The van der Waals surface area contributed by atoms with Gasteiger partial charge in [0.2, 0.25) is 0 Å². The summed E-state index contributed by atoms with van der Waals surface area (Å²) < 4.78 is 7.05. The number of rotatable bonds is 6. The normalized spacial score (nSPS) is 20.9. The van der Waals surface area contributed by atoms with Crippen LogP contribution < -0.4 is 5.32 Å². The van der Waals surface area contributed by atoms with E-state index in [0.717, 1.165) is 23.4 Å². The highest BCUT2D eigenvalue weighted by atomic mass is 32.1. The summed E-state index contributed by atoms with van der Waals surface area (Å²) in [5.41, 5.74) is 1.75. The molecule has 1 aliphatic rings. The molecule has 1 N–H and O–H groups in total. The van der Waals surface area contributed by atoms with Crippen LogP contribution in [0, 0.1) is 11.8 Å². The van der Waals surface area contributed by atoms with E-state index < -0.39 is 5.97 Å². The molecule has 3 aromatic rings. The maximum Gasteiger partial charge on any atom is 0.342 e. The van der Waals surface area contributed by atoms with Crippen molar-refractivity contribution in [2.45, 2.75) is 39.2 Å². The van der Waals surface area contributed by atoms with E-state index in [9.17, 15) is 9.59 Å². The summed E-state index contributed by atoms with van der Waals surface area (Å²) in [6.45, 7) is 4.10. The molecule has 7 heteroatoms. The average Bonchev–Trinajstić information content (AvgIpc) is 3.46. The van der Waals surface area contributed by atoms with Gasteiger partial charge in [0.1, 0.15) is 11.3 Å². The number of nitrogens with one attached hydrogen (secondary N) is 1. The Morgan fingerprint density at radius 2 is 1.97 bits per heavy atom. The van der Waals surface area contributed by atoms with Crippen LogP contribution in [0.3, 0.4) is 0 Å². The summed E-state index contributed by atoms with van der Waals surface area (Å²) in [5.74, 6) is 0.194. The highest BCUT2D eigenvalue weighted by Gasteiger charge is 2.28. The lowest BCUT2D eigenvalue weighted by Crippen LogP contribution is -2.45. The van der Waals surface area contributed by atoms with Crippen LogP contribution in [0.4, 0.5) is 0 Å². The Morgan fingerprint density at radius 3 is 2.71 bits per heavy atom. The fourth-order valence-corrected chi connectivity index (χ4v) is 4.80. The van der Waals surface area contributed by atoms with Crippen LogP contribution in [0.1, 0.15) is 43.5 Å². The van der Waals surface area contributed by atoms with Gasteiger partial charge in [0.05, 0.1) is 10.6 Å². The molecule has 1 aliphatic carbocycles. The van der Waals surface area contributed by atoms with Crippen molar-refractivity contribution in [2.75, 3.05) is 6.61 Å². The molecule has 1 fully saturated rings. The van der Waals surface area contributed by atoms with Crippen molar-refractivity contribution in [2.24, 2.45) is 11.8 Å². The Hall–Kier alpha value is -2.93. The molecule has 0 saturated heterocycles. The molecule has 4 rings (SSSR count). The molecule has 2 heterocycles. The van der Waals surface area contributed by atoms with Crippen LogP contribution in [0.2, 0.25) is 0 Å². The molecule has 0 bridgehead atoms. The predicted molar refractivity (Wildman–Crippen MR) is 121 cm³/mol. The fourth-order valence-electron chi connectivity index (χ4n) is 4.07. The number of carbonyl (C=O) groups excluding carboxylic acids is 2. The molecule has 2 aromatic heterocycles. The highest BCUT2D eigenvalue weighted by molar-refractivity contribution is 7.13. The molecular formula is C24H27N3O3S. The third-order valence-corrected chi connectivity index (χ3v) is 6.97. The van der Waals surface area contributed by atoms with E-state index in [1.165, 1.54) is 17.8 Å². The second-order valence-corrected chi connectivity index (χ2v) is 9.11. The van der Waals surface area contributed by atoms with Gasteiger partial charge in [0, 0.05) is 12.2 Å². The minimum absolute atomic E-state index is 0.137. The number of nitrogens with zero attached hydrogens (tertiary/aromatic N) is 2. The lowest BCUT2D eigenvalue weighted by Gasteiger charge is -2.34. The fraction of sp³-hybridized carbons (Fsp3) is 0.375. The van der Waals surface area contributed by atoms with E-state index in [-0.39, 0.29) is 18.6 Å². The van der Waals surface area contributed by atoms with Gasteiger partial charge in [0.15, 0.2) is 6.61 Å². The maximum atomic E-state index is 12.9. The number of hydrogen-bond acceptors (Lipinski definition) is 5. The van der Waals surface area contributed by atoms with Crippen molar-refractivity contribution in [3.63, 3.8) is 0 Å². The van der Waals surface area contributed by atoms with Gasteiger partial charge in [0.25, 0.3) is 5.91 Å². The maximum absolute atomic E-state index is 12.9. The summed E-state index contributed by atoms with van der Waals surface area (Å²) in [4.78, 5) is 26.2. The number of thiophene rings is 1. The minimum Gasteiger partial charge on any atom is -0.452 e. The molecule has 6 nitrogen and oxygen atoms in total. The zero-order chi connectivity index (χ0) is 21.8. The van der Waals surface area contributed by atoms with E-state index in [1.807, 2.05) is 47.8 Å². The summed E-state index contributed by atoms with van der Waals surface area (Å²) in [7, 11) is 0. The topological polar surface area (TPSA) is 73.2 Å². The van der Waals surface area contributed by atoms with Gasteiger partial charge in [-0.3, -0.25) is 4.79 Å². The van der Waals surface area contributed by atoms with Crippen molar-refractivity contribution < 1.29 is 14.3 Å². The third-order valence-electron chi connectivity index (χ3n) is 6.10. The van der Waals surface area contributed by atoms with Crippen LogP contribution in [0.15, 0.2) is 54.0 Å². The number of esters is 1. The first-order chi connectivity index (χ1) is 15.0. The van der Waals surface area contributed by atoms with Gasteiger partial charge in [-0.1, -0.05) is 51.0 Å². The average molecular weight is 438 g/mol. The van der Waals surface area contributed by atoms with Crippen molar-refractivity contribution in [1.29, 1.82) is 0 Å². The molecule has 1 amide bonds. The standard InChI is InChI=1S/C24H27N3O3S/c1-16-8-6-11-20(17(16)2)25-22(28)15-30-24(29)19-14-27(18-9-4-3-5-10-18)26-23(19)21-12-7-13-31-21/h3-5,7,9-10,12-14,16-17,20H,6,8,11,15H2,1-2H3,(H,25,28)/t16-,17+,20-/m1/s1. The number of amides is 1. The lowest BCUT2D eigenvalue weighted by molar-refractivity contribution is -0.125. The van der Waals surface area contributed by atoms with Gasteiger partial charge < -0.3 is 10.1 Å². The molecule has 1 aromatic carbocycles. The van der Waals surface area contributed by atoms with E-state index in [1.54, 1.807) is 10.9 Å². The first-order valence-electron chi connectivity index (χ1n) is 10.7. The monoisotopic (exact) mass is 437 g/mol. The van der Waals surface area contributed by atoms with Crippen molar-refractivity contribution in [3.8, 4) is 16.3 Å². The van der Waals surface area contributed by atoms with E-state index in [2.05, 4.69) is 24.3 Å². The smallest absolute Gasteiger partial charge is 0.342 e. The molecule has 162 valence electrons. The number of aromatic nitrogens is 2. The number of carbonyl (C=O) groups is 2. The summed E-state index contributed by atoms with van der Waals surface area (Å²) in [6, 6.07) is 13.6. The Balaban J connectivity index is 1.46. The van der Waals surface area contributed by atoms with Crippen LogP contribution in [0.25, 0.3) is 16.3 Å². The van der Waals surface area contributed by atoms with Crippen LogP contribution in [-0.2, 0) is 9.53 Å². The van der Waals surface area contributed by atoms with Crippen molar-refractivity contribution in [1.82, 2.24) is 15.1 Å². The zero-order valence-corrected chi connectivity index (χ0v) is 18.6. The number of ether oxygens (including phenoxy) is 1. The van der Waals surface area contributed by atoms with E-state index in [4.69, 9.17) is 4.74 Å². The van der Waals surface area contributed by atoms with Gasteiger partial charge in [-0.05, 0) is 41.8 Å². The Bertz CT molecular complexity index is 1030. The second kappa shape index (κ2) is 9.47. The van der Waals surface area contributed by atoms with Crippen LogP contribution >= 0.6 is 11.3 Å². The lowest BCUT2D eigenvalue weighted by atomic mass is 9.78. The SMILES string of the molecule is C[C@H]1[C@H](C)CCC[C@H]1NC(=O)COC(=O)c1cn(-c2ccccc2)nc1-c1cccs1. The van der Waals surface area contributed by atoms with Crippen molar-refractivity contribution >= 4 is 23.2 Å². The number of hydrogen-bond donors (Lipinski definition) is 1. The summed E-state index contributed by atoms with van der Waals surface area (Å²) in [5, 5.41) is 9.59. The first kappa shape index (κ1) is 21.3. The molecule has 3 atom stereocenters. The molecule has 0 spiro atoms. The highest BCUT2D eigenvalue weighted by Crippen LogP contribution is 2.30. The molecule has 1 saturated carbocycles. The first-order valence-corrected chi connectivity index (χ1v) is 11.6. The van der Waals surface area contributed by atoms with E-state index in [0.29, 0.717) is 23.1 Å². The Kier molecular flexibility index (Phi) is 6.51. The van der Waals surface area contributed by atoms with Gasteiger partial charge >= 0.3 is 5.97 Å². The molecule has 0 aliphatic heterocycles. The van der Waals surface area contributed by atoms with E-state index >= 15 is 0 Å². The zero-order valence-electron chi connectivity index (χ0n) is 17.8. The Morgan fingerprint density at radius 1 is 1.16 bits per heavy atom. The number of para-hydroxylation sites is 1. The Labute approximate surface area is 186 Å². The molecular weight excluding hydrogens is 410 g/mol. The molecule has 31 heavy (non-hydrogen) atoms. The molecule has 0 radical (unpaired) electrons. The summed E-state index contributed by atoms with van der Waals surface area (Å²) in [6.07, 6.45) is 4.94. The summed E-state index contributed by atoms with van der Waals surface area (Å²) >= 11 is 1.50. The van der Waals surface area contributed by atoms with Crippen LogP contribution in [-0.4, -0.2) is 34.3 Å². The second-order valence-electron chi connectivity index (χ2n) is 8.17. The minimum atomic E-state index is -0.550. The largest absolute Gasteiger partial charge is 0.452 e. The van der Waals surface area contributed by atoms with Gasteiger partial charge in [-0.15, -0.1) is 11.3 Å². The van der Waals surface area contributed by atoms with Gasteiger partial charge in [-0.2, -0.15) is 5.10 Å². The quantitative estimate of drug-likeness (QED) is 0.568. The third kappa shape index (κ3) is 4.88. The van der Waals surface area contributed by atoms with Gasteiger partial charge in [-0.25, -0.2) is 9.48 Å². The number of benzene rings is 1. The predicted octanol–water partition coefficient (Wildman–Crippen LogP) is 4.70.